The molecule has 8 heteroatoms. The van der Waals surface area contributed by atoms with E-state index in [9.17, 15) is 18.3 Å². The van der Waals surface area contributed by atoms with Crippen LogP contribution in [0.2, 0.25) is 0 Å². The molecule has 2 aromatic carbocycles. The number of amides is 1. The highest BCUT2D eigenvalue weighted by Gasteiger charge is 2.38. The maximum absolute atomic E-state index is 13.5. The van der Waals surface area contributed by atoms with Gasteiger partial charge in [-0.3, -0.25) is 4.79 Å². The van der Waals surface area contributed by atoms with E-state index in [1.165, 1.54) is 11.2 Å². The van der Waals surface area contributed by atoms with Crippen molar-refractivity contribution in [1.29, 1.82) is 0 Å². The van der Waals surface area contributed by atoms with E-state index >= 15 is 0 Å². The van der Waals surface area contributed by atoms with Gasteiger partial charge in [-0.15, -0.1) is 0 Å². The summed E-state index contributed by atoms with van der Waals surface area (Å²) in [6.07, 6.45) is -0.414. The summed E-state index contributed by atoms with van der Waals surface area (Å²) in [5.41, 5.74) is 1.78. The van der Waals surface area contributed by atoms with Gasteiger partial charge in [-0.2, -0.15) is 4.31 Å². The van der Waals surface area contributed by atoms with Gasteiger partial charge in [0, 0.05) is 32.5 Å². The molecule has 3 atom stereocenters. The Morgan fingerprint density at radius 2 is 1.90 bits per heavy atom. The molecule has 0 radical (unpaired) electrons. The number of fused-ring (bicyclic) bond motifs is 1. The van der Waals surface area contributed by atoms with E-state index in [2.05, 4.69) is 0 Å². The highest BCUT2D eigenvalue weighted by Crippen LogP contribution is 2.36. The summed E-state index contributed by atoms with van der Waals surface area (Å²) in [6, 6.07) is 14.1. The van der Waals surface area contributed by atoms with Gasteiger partial charge in [0.2, 0.25) is 15.9 Å². The molecule has 0 saturated heterocycles. The number of aliphatic hydroxyl groups excluding tert-OH is 1. The highest BCUT2D eigenvalue weighted by atomic mass is 32.2. The van der Waals surface area contributed by atoms with E-state index in [1.807, 2.05) is 37.3 Å². The van der Waals surface area contributed by atoms with Crippen molar-refractivity contribution in [3.63, 3.8) is 0 Å². The second kappa shape index (κ2) is 9.38. The number of carbonyl (C=O) groups is 1. The molecule has 0 saturated carbocycles. The lowest BCUT2D eigenvalue weighted by Crippen LogP contribution is -2.50. The third-order valence-corrected chi connectivity index (χ3v) is 7.79. The van der Waals surface area contributed by atoms with Gasteiger partial charge in [0.25, 0.3) is 0 Å². The minimum absolute atomic E-state index is 0.0647. The first kappa shape index (κ1) is 23.2. The van der Waals surface area contributed by atoms with Crippen LogP contribution in [0.25, 0.3) is 11.1 Å². The summed E-state index contributed by atoms with van der Waals surface area (Å²) in [6.45, 7) is 5.29. The van der Waals surface area contributed by atoms with Gasteiger partial charge in [-0.25, -0.2) is 8.42 Å². The fourth-order valence-corrected chi connectivity index (χ4v) is 5.48. The van der Waals surface area contributed by atoms with Crippen LogP contribution in [0.4, 0.5) is 0 Å². The topological polar surface area (TPSA) is 87.2 Å². The summed E-state index contributed by atoms with van der Waals surface area (Å²) in [5, 5.41) is 9.70. The number of hydrogen-bond acceptors (Lipinski definition) is 5. The van der Waals surface area contributed by atoms with Crippen molar-refractivity contribution in [3.05, 3.63) is 48.5 Å². The Kier molecular flexibility index (Phi) is 7.03. The van der Waals surface area contributed by atoms with Gasteiger partial charge in [0.15, 0.2) is 0 Å². The van der Waals surface area contributed by atoms with Crippen LogP contribution in [-0.4, -0.2) is 67.5 Å². The number of aliphatic hydroxyl groups is 1. The molecule has 0 unspecified atom stereocenters. The molecule has 168 valence electrons. The first-order valence-corrected chi connectivity index (χ1v) is 11.8. The zero-order chi connectivity index (χ0) is 22.8. The zero-order valence-electron chi connectivity index (χ0n) is 18.4. The van der Waals surface area contributed by atoms with Crippen LogP contribution in [0.3, 0.4) is 0 Å². The van der Waals surface area contributed by atoms with Gasteiger partial charge in [0.05, 0.1) is 13.2 Å². The lowest BCUT2D eigenvalue weighted by molar-refractivity contribution is -0.129. The molecule has 2 aromatic rings. The molecule has 7 nitrogen and oxygen atoms in total. The van der Waals surface area contributed by atoms with Crippen molar-refractivity contribution in [2.45, 2.75) is 37.8 Å². The third kappa shape index (κ3) is 4.92. The minimum atomic E-state index is -3.89. The maximum Gasteiger partial charge on any atom is 0.247 e. The fourth-order valence-electron chi connectivity index (χ4n) is 3.65. The molecular weight excluding hydrogens is 416 g/mol. The maximum atomic E-state index is 13.5. The smallest absolute Gasteiger partial charge is 0.247 e. The molecule has 0 aromatic heterocycles. The molecule has 0 spiro atoms. The molecular formula is C23H30N2O5S. The molecule has 1 aliphatic rings. The van der Waals surface area contributed by atoms with Crippen molar-refractivity contribution in [1.82, 2.24) is 9.21 Å². The molecule has 31 heavy (non-hydrogen) atoms. The Morgan fingerprint density at radius 1 is 1.23 bits per heavy atom. The number of benzene rings is 2. The van der Waals surface area contributed by atoms with Crippen LogP contribution in [0.15, 0.2) is 53.4 Å². The fraction of sp³-hybridized carbons (Fsp3) is 0.435. The number of hydrogen-bond donors (Lipinski definition) is 1. The van der Waals surface area contributed by atoms with Crippen molar-refractivity contribution >= 4 is 15.9 Å². The Morgan fingerprint density at radius 3 is 2.52 bits per heavy atom. The van der Waals surface area contributed by atoms with E-state index in [0.717, 1.165) is 11.1 Å². The molecule has 1 N–H and O–H groups in total. The lowest BCUT2D eigenvalue weighted by atomic mass is 10.0. The summed E-state index contributed by atoms with van der Waals surface area (Å²) in [7, 11) is -2.19. The van der Waals surface area contributed by atoms with Crippen LogP contribution in [0.5, 0.6) is 5.75 Å². The second-order valence-corrected chi connectivity index (χ2v) is 10.0. The van der Waals surface area contributed by atoms with Crippen molar-refractivity contribution in [2.24, 2.45) is 5.92 Å². The quantitative estimate of drug-likeness (QED) is 0.763. The lowest BCUT2D eigenvalue weighted by Gasteiger charge is -2.37. The summed E-state index contributed by atoms with van der Waals surface area (Å²) >= 11 is 0. The Hall–Kier alpha value is -2.42. The van der Waals surface area contributed by atoms with E-state index in [0.29, 0.717) is 6.54 Å². The normalized spacial score (nSPS) is 21.8. The van der Waals surface area contributed by atoms with Crippen molar-refractivity contribution in [3.8, 4) is 16.9 Å². The monoisotopic (exact) mass is 446 g/mol. The van der Waals surface area contributed by atoms with E-state index in [4.69, 9.17) is 4.74 Å². The van der Waals surface area contributed by atoms with Crippen LogP contribution in [0.1, 0.15) is 20.8 Å². The molecule has 0 fully saturated rings. The van der Waals surface area contributed by atoms with Crippen molar-refractivity contribution in [2.75, 3.05) is 26.7 Å². The SMILES string of the molecule is CC(=O)N(C)C[C@@H]1Oc2cc(-c3ccccc3)ccc2S(=O)(=O)N([C@@H](C)CO)C[C@@H]1C. The number of nitrogens with zero attached hydrogens (tertiary/aromatic N) is 2. The highest BCUT2D eigenvalue weighted by molar-refractivity contribution is 7.89. The number of ether oxygens (including phenoxy) is 1. The van der Waals surface area contributed by atoms with Crippen LogP contribution in [-0.2, 0) is 14.8 Å². The standard InChI is InChI=1S/C23H30N2O5S/c1-16-13-25(17(2)15-26)31(28,29)23-11-10-20(19-8-6-5-7-9-19)12-21(23)30-22(16)14-24(4)18(3)27/h5-12,16-17,22,26H,13-15H2,1-4H3/t16-,17-,22-/m0/s1. The third-order valence-electron chi connectivity index (χ3n) is 5.77. The van der Waals surface area contributed by atoms with Gasteiger partial charge < -0.3 is 14.7 Å². The molecule has 3 rings (SSSR count). The second-order valence-electron chi connectivity index (χ2n) is 8.17. The van der Waals surface area contributed by atoms with E-state index in [1.54, 1.807) is 37.1 Å². The molecule has 0 bridgehead atoms. The number of carbonyl (C=O) groups excluding carboxylic acids is 1. The molecule has 1 amide bonds. The van der Waals surface area contributed by atoms with Gasteiger partial charge in [0.1, 0.15) is 16.7 Å². The van der Waals surface area contributed by atoms with Crippen molar-refractivity contribution < 1.29 is 23.1 Å². The first-order chi connectivity index (χ1) is 14.6. The number of rotatable bonds is 5. The number of likely N-dealkylation sites (N-methyl/N-ethyl adjacent to an activating group) is 1. The summed E-state index contributed by atoms with van der Waals surface area (Å²) in [4.78, 5) is 13.4. The first-order valence-electron chi connectivity index (χ1n) is 10.4. The molecule has 0 aliphatic carbocycles. The summed E-state index contributed by atoms with van der Waals surface area (Å²) < 4.78 is 34.6. The predicted molar refractivity (Wildman–Crippen MR) is 119 cm³/mol. The van der Waals surface area contributed by atoms with E-state index < -0.39 is 22.2 Å². The van der Waals surface area contributed by atoms with E-state index in [-0.39, 0.29) is 35.6 Å². The van der Waals surface area contributed by atoms with Gasteiger partial charge >= 0.3 is 0 Å². The summed E-state index contributed by atoms with van der Waals surface area (Å²) in [5.74, 6) is -0.0478. The number of sulfonamides is 1. The molecule has 1 aliphatic heterocycles. The average Bonchev–Trinajstić information content (AvgIpc) is 2.75. The van der Waals surface area contributed by atoms with Crippen LogP contribution < -0.4 is 4.74 Å². The Labute approximate surface area is 184 Å². The molecule has 1 heterocycles. The van der Waals surface area contributed by atoms with Crippen LogP contribution in [0, 0.1) is 5.92 Å². The average molecular weight is 447 g/mol. The van der Waals surface area contributed by atoms with Gasteiger partial charge in [-0.1, -0.05) is 43.3 Å². The largest absolute Gasteiger partial charge is 0.487 e. The van der Waals surface area contributed by atoms with Crippen LogP contribution >= 0.6 is 0 Å². The van der Waals surface area contributed by atoms with Gasteiger partial charge in [-0.05, 0) is 30.2 Å². The Balaban J connectivity index is 2.13. The Bertz CT molecular complexity index is 1030. The predicted octanol–water partition coefficient (Wildman–Crippen LogP) is 2.60. The minimum Gasteiger partial charge on any atom is -0.487 e. The zero-order valence-corrected chi connectivity index (χ0v) is 19.2.